The number of sulfone groups is 1. The molecule has 6 nitrogen and oxygen atoms in total. The Balaban J connectivity index is 1.77. The Kier molecular flexibility index (Phi) is 4.65. The predicted molar refractivity (Wildman–Crippen MR) is 103 cm³/mol. The van der Waals surface area contributed by atoms with Crippen LogP contribution in [-0.4, -0.2) is 57.3 Å². The third-order valence-electron chi connectivity index (χ3n) is 5.13. The van der Waals surface area contributed by atoms with E-state index in [0.717, 1.165) is 11.3 Å². The van der Waals surface area contributed by atoms with Gasteiger partial charge in [0.05, 0.1) is 23.8 Å². The maximum absolute atomic E-state index is 13.2. The zero-order valence-electron chi connectivity index (χ0n) is 15.2. The van der Waals surface area contributed by atoms with Gasteiger partial charge in [-0.3, -0.25) is 4.79 Å². The fourth-order valence-electron chi connectivity index (χ4n) is 3.60. The molecule has 27 heavy (non-hydrogen) atoms. The average molecular weight is 386 g/mol. The van der Waals surface area contributed by atoms with E-state index in [0.29, 0.717) is 32.0 Å². The lowest BCUT2D eigenvalue weighted by Crippen LogP contribution is -2.53. The summed E-state index contributed by atoms with van der Waals surface area (Å²) >= 11 is 0. The van der Waals surface area contributed by atoms with Gasteiger partial charge in [-0.1, -0.05) is 29.8 Å². The zero-order valence-corrected chi connectivity index (χ0v) is 16.0. The lowest BCUT2D eigenvalue weighted by atomic mass is 10.1. The van der Waals surface area contributed by atoms with Gasteiger partial charge in [-0.2, -0.15) is 0 Å². The number of anilines is 2. The number of fused-ring (bicyclic) bond motifs is 1. The molecule has 0 N–H and O–H groups in total. The van der Waals surface area contributed by atoms with E-state index in [4.69, 9.17) is 4.74 Å². The number of aryl methyl sites for hydroxylation is 1. The van der Waals surface area contributed by atoms with Gasteiger partial charge < -0.3 is 14.5 Å². The highest BCUT2D eigenvalue weighted by molar-refractivity contribution is 7.93. The predicted octanol–water partition coefficient (Wildman–Crippen LogP) is 2.15. The van der Waals surface area contributed by atoms with Crippen molar-refractivity contribution in [1.82, 2.24) is 4.90 Å². The molecule has 2 aliphatic heterocycles. The highest BCUT2D eigenvalue weighted by Crippen LogP contribution is 2.38. The highest BCUT2D eigenvalue weighted by atomic mass is 32.2. The van der Waals surface area contributed by atoms with Crippen molar-refractivity contribution in [2.24, 2.45) is 0 Å². The van der Waals surface area contributed by atoms with Gasteiger partial charge in [-0.25, -0.2) is 8.42 Å². The zero-order chi connectivity index (χ0) is 19.0. The van der Waals surface area contributed by atoms with E-state index in [9.17, 15) is 13.2 Å². The summed E-state index contributed by atoms with van der Waals surface area (Å²) < 4.78 is 31.7. The van der Waals surface area contributed by atoms with E-state index < -0.39 is 15.1 Å². The van der Waals surface area contributed by atoms with E-state index in [1.54, 1.807) is 23.1 Å². The van der Waals surface area contributed by atoms with Gasteiger partial charge in [0.25, 0.3) is 0 Å². The van der Waals surface area contributed by atoms with Gasteiger partial charge in [0.1, 0.15) is 0 Å². The first-order chi connectivity index (χ1) is 13.0. The van der Waals surface area contributed by atoms with Crippen LogP contribution in [0.3, 0.4) is 0 Å². The number of hydrogen-bond acceptors (Lipinski definition) is 5. The Morgan fingerprint density at radius 3 is 2.41 bits per heavy atom. The highest BCUT2D eigenvalue weighted by Gasteiger charge is 2.44. The molecule has 0 aliphatic carbocycles. The quantitative estimate of drug-likeness (QED) is 0.791. The lowest BCUT2D eigenvalue weighted by molar-refractivity contribution is -0.134. The Hall–Kier alpha value is -2.38. The standard InChI is InChI=1S/C20H22N2O4S/c1-15-6-8-16(9-7-15)22-14-19(20(23)21-10-12-26-13-11-21)27(24,25)18-5-3-2-4-17(18)22/h2-9,19H,10-14H2,1H3/t19-/m0/s1. The first-order valence-electron chi connectivity index (χ1n) is 9.02. The SMILES string of the molecule is Cc1ccc(N2C[C@@H](C(=O)N3CCOCC3)S(=O)(=O)c3ccccc32)cc1. The molecule has 0 unspecified atom stereocenters. The summed E-state index contributed by atoms with van der Waals surface area (Å²) in [6, 6.07) is 14.8. The Morgan fingerprint density at radius 2 is 1.70 bits per heavy atom. The minimum absolute atomic E-state index is 0.110. The minimum atomic E-state index is -3.75. The van der Waals surface area contributed by atoms with Gasteiger partial charge >= 0.3 is 0 Å². The maximum Gasteiger partial charge on any atom is 0.243 e. The van der Waals surface area contributed by atoms with E-state index >= 15 is 0 Å². The van der Waals surface area contributed by atoms with E-state index in [-0.39, 0.29) is 17.3 Å². The van der Waals surface area contributed by atoms with Crippen LogP contribution in [0.1, 0.15) is 5.56 Å². The van der Waals surface area contributed by atoms with Crippen LogP contribution < -0.4 is 4.90 Å². The monoisotopic (exact) mass is 386 g/mol. The molecular formula is C20H22N2O4S. The number of ether oxygens (including phenoxy) is 1. The molecule has 1 amide bonds. The molecule has 0 radical (unpaired) electrons. The number of rotatable bonds is 2. The summed E-state index contributed by atoms with van der Waals surface area (Å²) in [6.07, 6.45) is 0. The molecule has 7 heteroatoms. The molecule has 142 valence electrons. The number of amides is 1. The van der Waals surface area contributed by atoms with Crippen LogP contribution in [0, 0.1) is 6.92 Å². The summed E-state index contributed by atoms with van der Waals surface area (Å²) in [5.41, 5.74) is 2.62. The number of carbonyl (C=O) groups is 1. The van der Waals surface area contributed by atoms with Crippen molar-refractivity contribution in [3.63, 3.8) is 0 Å². The minimum Gasteiger partial charge on any atom is -0.378 e. The molecule has 2 aromatic carbocycles. The molecule has 0 aromatic heterocycles. The van der Waals surface area contributed by atoms with Crippen LogP contribution in [0.25, 0.3) is 0 Å². The molecule has 0 saturated carbocycles. The van der Waals surface area contributed by atoms with Crippen molar-refractivity contribution in [2.45, 2.75) is 17.1 Å². The van der Waals surface area contributed by atoms with Crippen LogP contribution in [0.5, 0.6) is 0 Å². The fraction of sp³-hybridized carbons (Fsp3) is 0.350. The Labute approximate surface area is 159 Å². The fourth-order valence-corrected chi connectivity index (χ4v) is 5.41. The van der Waals surface area contributed by atoms with E-state index in [1.807, 2.05) is 42.2 Å². The van der Waals surface area contributed by atoms with Gasteiger partial charge in [0, 0.05) is 25.3 Å². The molecular weight excluding hydrogens is 364 g/mol. The Morgan fingerprint density at radius 1 is 1.04 bits per heavy atom. The van der Waals surface area contributed by atoms with Crippen molar-refractivity contribution >= 4 is 27.1 Å². The summed E-state index contributed by atoms with van der Waals surface area (Å²) in [7, 11) is -3.75. The summed E-state index contributed by atoms with van der Waals surface area (Å²) in [5, 5.41) is -1.12. The second-order valence-corrected chi connectivity index (χ2v) is 8.98. The van der Waals surface area contributed by atoms with Crippen LogP contribution >= 0.6 is 0 Å². The molecule has 1 atom stereocenters. The number of hydrogen-bond donors (Lipinski definition) is 0. The van der Waals surface area contributed by atoms with Gasteiger partial charge in [-0.15, -0.1) is 0 Å². The average Bonchev–Trinajstić information content (AvgIpc) is 2.69. The third-order valence-corrected chi connectivity index (χ3v) is 7.19. The van der Waals surface area contributed by atoms with Gasteiger partial charge in [0.2, 0.25) is 5.91 Å². The van der Waals surface area contributed by atoms with Crippen LogP contribution in [0.2, 0.25) is 0 Å². The summed E-state index contributed by atoms with van der Waals surface area (Å²) in [6.45, 7) is 3.85. The smallest absolute Gasteiger partial charge is 0.243 e. The normalized spacial score (nSPS) is 21.6. The van der Waals surface area contributed by atoms with E-state index in [1.165, 1.54) is 0 Å². The van der Waals surface area contributed by atoms with Crippen molar-refractivity contribution in [2.75, 3.05) is 37.7 Å². The molecule has 0 spiro atoms. The number of para-hydroxylation sites is 1. The van der Waals surface area contributed by atoms with Crippen LogP contribution in [-0.2, 0) is 19.4 Å². The largest absolute Gasteiger partial charge is 0.378 e. The molecule has 2 aromatic rings. The first kappa shape index (κ1) is 18.0. The number of morpholine rings is 1. The molecule has 1 fully saturated rings. The molecule has 0 bridgehead atoms. The lowest BCUT2D eigenvalue weighted by Gasteiger charge is -2.38. The number of carbonyl (C=O) groups excluding carboxylic acids is 1. The van der Waals surface area contributed by atoms with Crippen LogP contribution in [0.15, 0.2) is 53.4 Å². The van der Waals surface area contributed by atoms with Crippen molar-refractivity contribution < 1.29 is 17.9 Å². The topological polar surface area (TPSA) is 66.9 Å². The number of nitrogens with zero attached hydrogens (tertiary/aromatic N) is 2. The van der Waals surface area contributed by atoms with Gasteiger partial charge in [0.15, 0.2) is 15.1 Å². The molecule has 2 heterocycles. The third kappa shape index (κ3) is 3.21. The van der Waals surface area contributed by atoms with Gasteiger partial charge in [-0.05, 0) is 31.2 Å². The second kappa shape index (κ2) is 6.98. The number of benzene rings is 2. The molecule has 1 saturated heterocycles. The van der Waals surface area contributed by atoms with Crippen molar-refractivity contribution in [3.8, 4) is 0 Å². The molecule has 2 aliphatic rings. The Bertz CT molecular complexity index is 950. The second-order valence-electron chi connectivity index (χ2n) is 6.89. The van der Waals surface area contributed by atoms with Crippen LogP contribution in [0.4, 0.5) is 11.4 Å². The summed E-state index contributed by atoms with van der Waals surface area (Å²) in [4.78, 5) is 16.8. The van der Waals surface area contributed by atoms with Crippen molar-refractivity contribution in [3.05, 3.63) is 54.1 Å². The summed E-state index contributed by atoms with van der Waals surface area (Å²) in [5.74, 6) is -0.343. The maximum atomic E-state index is 13.2. The first-order valence-corrected chi connectivity index (χ1v) is 10.6. The van der Waals surface area contributed by atoms with Crippen molar-refractivity contribution in [1.29, 1.82) is 0 Å². The van der Waals surface area contributed by atoms with E-state index in [2.05, 4.69) is 0 Å². The molecule has 4 rings (SSSR count).